The Balaban J connectivity index is 1.32. The normalized spacial score (nSPS) is 35.2. The zero-order chi connectivity index (χ0) is 23.4. The predicted molar refractivity (Wildman–Crippen MR) is 121 cm³/mol. The highest BCUT2D eigenvalue weighted by molar-refractivity contribution is 6.02. The molecule has 0 aromatic carbocycles. The lowest BCUT2D eigenvalue weighted by Crippen LogP contribution is -2.58. The molecule has 4 fully saturated rings. The van der Waals surface area contributed by atoms with E-state index < -0.39 is 29.6 Å². The molecule has 9 nitrogen and oxygen atoms in total. The van der Waals surface area contributed by atoms with Gasteiger partial charge >= 0.3 is 0 Å². The minimum absolute atomic E-state index is 0.00697. The van der Waals surface area contributed by atoms with Gasteiger partial charge in [0.25, 0.3) is 0 Å². The number of nitrogens with zero attached hydrogens (tertiary/aromatic N) is 2. The minimum atomic E-state index is -1.11. The maximum atomic E-state index is 14.0. The molecular weight excluding hydrogens is 436 g/mol. The Morgan fingerprint density at radius 3 is 2.53 bits per heavy atom. The summed E-state index contributed by atoms with van der Waals surface area (Å²) in [6.07, 6.45) is 12.4. The van der Waals surface area contributed by atoms with Gasteiger partial charge in [-0.05, 0) is 32.6 Å². The average Bonchev–Trinajstić information content (AvgIpc) is 3.63. The molecule has 2 N–H and O–H groups in total. The van der Waals surface area contributed by atoms with E-state index >= 15 is 0 Å². The fourth-order valence-corrected chi connectivity index (χ4v) is 6.94. The number of aryl methyl sites for hydroxylation is 1. The van der Waals surface area contributed by atoms with Crippen LogP contribution in [0.1, 0.15) is 63.5 Å². The molecule has 2 aliphatic carbocycles. The Kier molecular flexibility index (Phi) is 5.28. The van der Waals surface area contributed by atoms with Crippen molar-refractivity contribution in [2.75, 3.05) is 5.32 Å². The van der Waals surface area contributed by atoms with Crippen LogP contribution in [0.5, 0.6) is 0 Å². The molecular formula is C25H32N4O5. The van der Waals surface area contributed by atoms with E-state index in [0.717, 1.165) is 51.4 Å². The number of likely N-dealkylation sites (tertiary alicyclic amines) is 1. The molecule has 6 rings (SSSR count). The first kappa shape index (κ1) is 21.8. The number of aromatic nitrogens is 1. The summed E-state index contributed by atoms with van der Waals surface area (Å²) in [5.74, 6) is -1.16. The molecule has 2 bridgehead atoms. The lowest BCUT2D eigenvalue weighted by atomic mass is 9.74. The number of nitrogens with one attached hydrogen (secondary N) is 2. The van der Waals surface area contributed by atoms with Crippen molar-refractivity contribution in [1.82, 2.24) is 15.4 Å². The molecule has 9 heteroatoms. The van der Waals surface area contributed by atoms with Gasteiger partial charge in [0.2, 0.25) is 17.7 Å². The van der Waals surface area contributed by atoms with E-state index in [4.69, 9.17) is 9.26 Å². The van der Waals surface area contributed by atoms with Crippen molar-refractivity contribution >= 4 is 23.5 Å². The van der Waals surface area contributed by atoms with E-state index in [2.05, 4.69) is 15.8 Å². The highest BCUT2D eigenvalue weighted by atomic mass is 16.5. The third kappa shape index (κ3) is 3.31. The van der Waals surface area contributed by atoms with Crippen LogP contribution in [0.3, 0.4) is 0 Å². The van der Waals surface area contributed by atoms with Gasteiger partial charge in [-0.2, -0.15) is 0 Å². The molecule has 2 saturated carbocycles. The summed E-state index contributed by atoms with van der Waals surface area (Å²) < 4.78 is 11.5. The Hall–Kier alpha value is -2.68. The smallest absolute Gasteiger partial charge is 0.246 e. The second-order valence-corrected chi connectivity index (χ2v) is 10.5. The largest absolute Gasteiger partial charge is 0.360 e. The van der Waals surface area contributed by atoms with Crippen LogP contribution < -0.4 is 10.6 Å². The number of amides is 3. The van der Waals surface area contributed by atoms with Crippen LogP contribution in [0.25, 0.3) is 0 Å². The van der Waals surface area contributed by atoms with Crippen molar-refractivity contribution in [3.63, 3.8) is 0 Å². The Labute approximate surface area is 198 Å². The van der Waals surface area contributed by atoms with E-state index in [1.54, 1.807) is 17.9 Å². The van der Waals surface area contributed by atoms with Gasteiger partial charge in [0.05, 0.1) is 17.9 Å². The molecule has 1 aromatic heterocycles. The summed E-state index contributed by atoms with van der Waals surface area (Å²) in [6.45, 7) is 1.75. The van der Waals surface area contributed by atoms with Gasteiger partial charge in [-0.3, -0.25) is 14.4 Å². The van der Waals surface area contributed by atoms with E-state index in [1.807, 2.05) is 12.2 Å². The van der Waals surface area contributed by atoms with E-state index in [1.165, 1.54) is 6.42 Å². The molecule has 182 valence electrons. The number of carbonyl (C=O) groups excluding carboxylic acids is 3. The van der Waals surface area contributed by atoms with E-state index in [0.29, 0.717) is 11.6 Å². The average molecular weight is 469 g/mol. The van der Waals surface area contributed by atoms with Crippen LogP contribution in [-0.2, 0) is 19.1 Å². The molecule has 0 radical (unpaired) electrons. The molecule has 5 aliphatic rings. The van der Waals surface area contributed by atoms with Crippen LogP contribution in [0, 0.1) is 18.8 Å². The molecule has 0 unspecified atom stereocenters. The first-order valence-electron chi connectivity index (χ1n) is 12.7. The summed E-state index contributed by atoms with van der Waals surface area (Å²) in [5, 5.41) is 9.88. The Morgan fingerprint density at radius 1 is 1.09 bits per heavy atom. The zero-order valence-corrected chi connectivity index (χ0v) is 19.5. The molecule has 5 atom stereocenters. The van der Waals surface area contributed by atoms with Gasteiger partial charge in [-0.15, -0.1) is 0 Å². The van der Waals surface area contributed by atoms with Gasteiger partial charge in [-0.25, -0.2) is 0 Å². The second-order valence-electron chi connectivity index (χ2n) is 10.5. The number of hydrogen-bond donors (Lipinski definition) is 2. The summed E-state index contributed by atoms with van der Waals surface area (Å²) >= 11 is 0. The van der Waals surface area contributed by atoms with Gasteiger partial charge in [0.1, 0.15) is 17.4 Å². The molecule has 2 saturated heterocycles. The van der Waals surface area contributed by atoms with Crippen LogP contribution in [0.4, 0.5) is 5.82 Å². The first-order chi connectivity index (χ1) is 16.5. The number of carbonyl (C=O) groups is 3. The molecule has 34 heavy (non-hydrogen) atoms. The van der Waals surface area contributed by atoms with Crippen LogP contribution in [0.2, 0.25) is 0 Å². The van der Waals surface area contributed by atoms with Crippen LogP contribution in [-0.4, -0.2) is 57.6 Å². The van der Waals surface area contributed by atoms with Crippen molar-refractivity contribution in [2.45, 2.75) is 94.5 Å². The third-order valence-electron chi connectivity index (χ3n) is 8.41. The first-order valence-corrected chi connectivity index (χ1v) is 12.7. The number of fused-ring (bicyclic) bond motifs is 1. The Bertz CT molecular complexity index is 1020. The van der Waals surface area contributed by atoms with Crippen molar-refractivity contribution < 1.29 is 23.6 Å². The van der Waals surface area contributed by atoms with Crippen LogP contribution in [0.15, 0.2) is 22.7 Å². The SMILES string of the molecule is Cc1cc(NC(=O)[C@H]2[C@@H]3C=C[C@]4(O3)[C@@H]2C(=O)N(C2CCCC2)[C@@H]4C(=O)NC2CCCCC2)no1. The quantitative estimate of drug-likeness (QED) is 0.642. The maximum absolute atomic E-state index is 14.0. The number of hydrogen-bond acceptors (Lipinski definition) is 6. The monoisotopic (exact) mass is 468 g/mol. The van der Waals surface area contributed by atoms with E-state index in [9.17, 15) is 14.4 Å². The second kappa shape index (κ2) is 8.22. The Morgan fingerprint density at radius 2 is 1.82 bits per heavy atom. The van der Waals surface area contributed by atoms with E-state index in [-0.39, 0.29) is 29.8 Å². The van der Waals surface area contributed by atoms with Gasteiger partial charge in [-0.1, -0.05) is 49.4 Å². The summed E-state index contributed by atoms with van der Waals surface area (Å²) in [5.41, 5.74) is -1.11. The fraction of sp³-hybridized carbons (Fsp3) is 0.680. The summed E-state index contributed by atoms with van der Waals surface area (Å²) in [4.78, 5) is 42.9. The fourth-order valence-electron chi connectivity index (χ4n) is 6.94. The van der Waals surface area contributed by atoms with Gasteiger partial charge in [0.15, 0.2) is 5.82 Å². The van der Waals surface area contributed by atoms with Crippen molar-refractivity contribution in [3.05, 3.63) is 24.0 Å². The molecule has 1 spiro atoms. The summed E-state index contributed by atoms with van der Waals surface area (Å²) in [6, 6.07) is 1.03. The third-order valence-corrected chi connectivity index (χ3v) is 8.41. The molecule has 3 aliphatic heterocycles. The standard InChI is InChI=1S/C25H32N4O5/c1-14-13-18(28-34-14)27-22(30)19-17-11-12-25(33-17)20(19)24(32)29(16-9-5-6-10-16)21(25)23(31)26-15-7-3-2-4-8-15/h11-13,15-17,19-21H,2-10H2,1H3,(H,26,31)(H,27,28,30)/t17-,19-,20-,21+,25-/m0/s1. The number of ether oxygens (including phenoxy) is 1. The number of anilines is 1. The van der Waals surface area contributed by atoms with Gasteiger partial charge < -0.3 is 24.8 Å². The minimum Gasteiger partial charge on any atom is -0.360 e. The highest BCUT2D eigenvalue weighted by Gasteiger charge is 2.73. The zero-order valence-electron chi connectivity index (χ0n) is 19.5. The van der Waals surface area contributed by atoms with Crippen LogP contribution >= 0.6 is 0 Å². The van der Waals surface area contributed by atoms with Crippen molar-refractivity contribution in [1.29, 1.82) is 0 Å². The van der Waals surface area contributed by atoms with Crippen molar-refractivity contribution in [3.8, 4) is 0 Å². The lowest BCUT2D eigenvalue weighted by molar-refractivity contribution is -0.144. The summed E-state index contributed by atoms with van der Waals surface area (Å²) in [7, 11) is 0. The number of rotatable bonds is 5. The lowest BCUT2D eigenvalue weighted by Gasteiger charge is -2.36. The molecule has 1 aromatic rings. The molecule has 4 heterocycles. The topological polar surface area (TPSA) is 114 Å². The maximum Gasteiger partial charge on any atom is 0.246 e. The van der Waals surface area contributed by atoms with Crippen molar-refractivity contribution in [2.24, 2.45) is 11.8 Å². The predicted octanol–water partition coefficient (Wildman–Crippen LogP) is 2.46. The van der Waals surface area contributed by atoms with Gasteiger partial charge in [0, 0.05) is 18.2 Å². The molecule has 3 amide bonds. The highest BCUT2D eigenvalue weighted by Crippen LogP contribution is 2.56.